The van der Waals surface area contributed by atoms with Crippen LogP contribution in [0.2, 0.25) is 0 Å². The van der Waals surface area contributed by atoms with E-state index < -0.39 is 0 Å². The van der Waals surface area contributed by atoms with Gasteiger partial charge in [0.2, 0.25) is 6.29 Å². The van der Waals surface area contributed by atoms with Gasteiger partial charge in [-0.2, -0.15) is 0 Å². The van der Waals surface area contributed by atoms with E-state index in [0.29, 0.717) is 6.61 Å². The van der Waals surface area contributed by atoms with Crippen LogP contribution >= 0.6 is 0 Å². The maximum Gasteiger partial charge on any atom is 0.230 e. The van der Waals surface area contributed by atoms with Crippen molar-refractivity contribution >= 4 is 0 Å². The van der Waals surface area contributed by atoms with E-state index in [2.05, 4.69) is 10.2 Å². The second kappa shape index (κ2) is 3.40. The van der Waals surface area contributed by atoms with Crippen LogP contribution in [0.4, 0.5) is 0 Å². The monoisotopic (exact) mass is 131 g/mol. The lowest BCUT2D eigenvalue weighted by Gasteiger charge is -2.18. The Labute approximate surface area is 53.1 Å². The Balaban J connectivity index is 2.15. The molecule has 1 aliphatic heterocycles. The smallest absolute Gasteiger partial charge is 0.230 e. The fourth-order valence-corrected chi connectivity index (χ4v) is 0.842. The van der Waals surface area contributed by atoms with Crippen molar-refractivity contribution in [2.75, 3.05) is 6.61 Å². The van der Waals surface area contributed by atoms with E-state index >= 15 is 0 Å². The zero-order valence-electron chi connectivity index (χ0n) is 5.08. The molecule has 4 nitrogen and oxygen atoms in total. The van der Waals surface area contributed by atoms with Crippen molar-refractivity contribution in [2.24, 2.45) is 5.34 Å². The second-order valence-corrected chi connectivity index (χ2v) is 1.98. The van der Waals surface area contributed by atoms with Crippen LogP contribution < -0.4 is 0 Å². The molecule has 9 heavy (non-hydrogen) atoms. The summed E-state index contributed by atoms with van der Waals surface area (Å²) in [4.78, 5) is 13.9. The minimum atomic E-state index is -0.378. The number of hydrogen-bond donors (Lipinski definition) is 0. The highest BCUT2D eigenvalue weighted by molar-refractivity contribution is 4.52. The predicted octanol–water partition coefficient (Wildman–Crippen LogP) is 1.21. The van der Waals surface area contributed by atoms with Crippen molar-refractivity contribution < 1.29 is 9.57 Å². The molecule has 52 valence electrons. The molecule has 0 spiro atoms. The summed E-state index contributed by atoms with van der Waals surface area (Å²) >= 11 is 0. The predicted molar refractivity (Wildman–Crippen MR) is 30.5 cm³/mol. The van der Waals surface area contributed by atoms with Crippen LogP contribution in [-0.2, 0) is 9.57 Å². The van der Waals surface area contributed by atoms with E-state index in [1.54, 1.807) is 0 Å². The Kier molecular flexibility index (Phi) is 2.45. The normalized spacial score (nSPS) is 27.3. The zero-order valence-corrected chi connectivity index (χ0v) is 5.08. The van der Waals surface area contributed by atoms with Crippen molar-refractivity contribution in [3.8, 4) is 0 Å². The third kappa shape index (κ3) is 1.97. The van der Waals surface area contributed by atoms with E-state index in [1.807, 2.05) is 0 Å². The summed E-state index contributed by atoms with van der Waals surface area (Å²) in [7, 11) is 0. The lowest BCUT2D eigenvalue weighted by Crippen LogP contribution is -2.19. The van der Waals surface area contributed by atoms with Gasteiger partial charge in [0.05, 0.1) is 6.61 Å². The van der Waals surface area contributed by atoms with Crippen LogP contribution in [0.5, 0.6) is 0 Å². The van der Waals surface area contributed by atoms with Gasteiger partial charge >= 0.3 is 0 Å². The minimum Gasteiger partial charge on any atom is -0.341 e. The molecule has 0 bridgehead atoms. The van der Waals surface area contributed by atoms with Gasteiger partial charge in [-0.05, 0) is 12.8 Å². The topological polar surface area (TPSA) is 47.9 Å². The Morgan fingerprint density at radius 3 is 3.00 bits per heavy atom. The van der Waals surface area contributed by atoms with Gasteiger partial charge in [-0.1, -0.05) is 0 Å². The van der Waals surface area contributed by atoms with E-state index in [4.69, 9.17) is 4.74 Å². The third-order valence-electron chi connectivity index (χ3n) is 1.30. The second-order valence-electron chi connectivity index (χ2n) is 1.98. The molecule has 0 aromatic carbocycles. The zero-order chi connectivity index (χ0) is 6.53. The molecule has 1 unspecified atom stereocenters. The average molecular weight is 131 g/mol. The fraction of sp³-hybridized carbons (Fsp3) is 1.00. The van der Waals surface area contributed by atoms with Crippen molar-refractivity contribution in [3.05, 3.63) is 4.91 Å². The molecule has 0 aromatic heterocycles. The van der Waals surface area contributed by atoms with Crippen molar-refractivity contribution in [1.29, 1.82) is 0 Å². The SMILES string of the molecule is O=NOC1CCCCO1. The van der Waals surface area contributed by atoms with Gasteiger partial charge in [-0.15, -0.1) is 4.91 Å². The molecule has 0 aliphatic carbocycles. The van der Waals surface area contributed by atoms with Crippen LogP contribution in [-0.4, -0.2) is 12.9 Å². The molecule has 0 N–H and O–H groups in total. The molecule has 1 heterocycles. The van der Waals surface area contributed by atoms with Crippen molar-refractivity contribution in [1.82, 2.24) is 0 Å². The molecule has 1 aliphatic rings. The first kappa shape index (κ1) is 6.48. The summed E-state index contributed by atoms with van der Waals surface area (Å²) in [6.07, 6.45) is 2.52. The number of rotatable bonds is 2. The van der Waals surface area contributed by atoms with Crippen LogP contribution in [0.1, 0.15) is 19.3 Å². The minimum absolute atomic E-state index is 0.378. The maximum absolute atomic E-state index is 9.52. The van der Waals surface area contributed by atoms with Crippen LogP contribution in [0.15, 0.2) is 5.34 Å². The van der Waals surface area contributed by atoms with Gasteiger partial charge in [0, 0.05) is 6.42 Å². The lowest BCUT2D eigenvalue weighted by molar-refractivity contribution is -0.163. The summed E-state index contributed by atoms with van der Waals surface area (Å²) in [5.74, 6) is 0. The summed E-state index contributed by atoms with van der Waals surface area (Å²) in [6, 6.07) is 0. The molecule has 0 radical (unpaired) electrons. The first-order chi connectivity index (χ1) is 4.43. The van der Waals surface area contributed by atoms with Gasteiger partial charge in [-0.25, -0.2) is 0 Å². The van der Waals surface area contributed by atoms with E-state index in [1.165, 1.54) is 0 Å². The van der Waals surface area contributed by atoms with Gasteiger partial charge in [0.15, 0.2) is 5.34 Å². The Morgan fingerprint density at radius 1 is 1.56 bits per heavy atom. The summed E-state index contributed by atoms with van der Waals surface area (Å²) < 4.78 is 5.00. The molecule has 1 fully saturated rings. The number of ether oxygens (including phenoxy) is 1. The highest BCUT2D eigenvalue weighted by Crippen LogP contribution is 2.13. The summed E-state index contributed by atoms with van der Waals surface area (Å²) in [6.45, 7) is 0.681. The lowest BCUT2D eigenvalue weighted by atomic mass is 10.2. The Bertz CT molecular complexity index is 90.2. The molecule has 1 saturated heterocycles. The quantitative estimate of drug-likeness (QED) is 0.418. The summed E-state index contributed by atoms with van der Waals surface area (Å²) in [5.41, 5.74) is 0. The number of nitrogens with zero attached hydrogens (tertiary/aromatic N) is 1. The van der Waals surface area contributed by atoms with Crippen LogP contribution in [0, 0.1) is 4.91 Å². The third-order valence-corrected chi connectivity index (χ3v) is 1.30. The number of hydrogen-bond acceptors (Lipinski definition) is 4. The average Bonchev–Trinajstić information content (AvgIpc) is 1.91. The van der Waals surface area contributed by atoms with Gasteiger partial charge in [-0.3, -0.25) is 0 Å². The molecular weight excluding hydrogens is 122 g/mol. The molecular formula is C5H9NO3. The molecule has 0 saturated carbocycles. The first-order valence-corrected chi connectivity index (χ1v) is 3.03. The first-order valence-electron chi connectivity index (χ1n) is 3.03. The Morgan fingerprint density at radius 2 is 2.44 bits per heavy atom. The van der Waals surface area contributed by atoms with Crippen molar-refractivity contribution in [3.63, 3.8) is 0 Å². The van der Waals surface area contributed by atoms with Crippen molar-refractivity contribution in [2.45, 2.75) is 25.6 Å². The standard InChI is InChI=1S/C5H9NO3/c7-6-9-5-3-1-2-4-8-5/h5H,1-4H2. The largest absolute Gasteiger partial charge is 0.341 e. The molecule has 1 atom stereocenters. The van der Waals surface area contributed by atoms with Gasteiger partial charge in [0.25, 0.3) is 0 Å². The molecule has 0 aromatic rings. The molecule has 1 rings (SSSR count). The highest BCUT2D eigenvalue weighted by Gasteiger charge is 2.14. The highest BCUT2D eigenvalue weighted by atomic mass is 16.8. The van der Waals surface area contributed by atoms with Gasteiger partial charge < -0.3 is 9.57 Å². The van der Waals surface area contributed by atoms with Gasteiger partial charge in [0.1, 0.15) is 0 Å². The van der Waals surface area contributed by atoms with Crippen LogP contribution in [0.25, 0.3) is 0 Å². The van der Waals surface area contributed by atoms with E-state index in [0.717, 1.165) is 19.3 Å². The van der Waals surface area contributed by atoms with E-state index in [-0.39, 0.29) is 6.29 Å². The maximum atomic E-state index is 9.52. The fourth-order valence-electron chi connectivity index (χ4n) is 0.842. The summed E-state index contributed by atoms with van der Waals surface area (Å²) in [5, 5.41) is 2.28. The Hall–Kier alpha value is -0.640. The van der Waals surface area contributed by atoms with E-state index in [9.17, 15) is 4.91 Å². The molecule has 0 amide bonds. The molecule has 4 heteroatoms. The van der Waals surface area contributed by atoms with Crippen LogP contribution in [0.3, 0.4) is 0 Å².